The van der Waals surface area contributed by atoms with E-state index in [-0.39, 0.29) is 11.4 Å². The van der Waals surface area contributed by atoms with E-state index in [4.69, 9.17) is 4.74 Å². The Bertz CT molecular complexity index is 422. The Hall–Kier alpha value is -1.56. The number of halogens is 1. The van der Waals surface area contributed by atoms with Gasteiger partial charge in [0.2, 0.25) is 0 Å². The van der Waals surface area contributed by atoms with Crippen molar-refractivity contribution in [2.75, 3.05) is 7.11 Å². The Labute approximate surface area is 120 Å². The zero-order chi connectivity index (χ0) is 14.3. The van der Waals surface area contributed by atoms with E-state index in [0.29, 0.717) is 0 Å². The third kappa shape index (κ3) is 5.30. The van der Waals surface area contributed by atoms with Crippen molar-refractivity contribution >= 4 is 28.0 Å². The Morgan fingerprint density at radius 2 is 1.95 bits per heavy atom. The Morgan fingerprint density at radius 1 is 1.32 bits per heavy atom. The zero-order valence-electron chi connectivity index (χ0n) is 10.8. The number of alkyl halides is 1. The average Bonchev–Trinajstić information content (AvgIpc) is 2.42. The number of methoxy groups -OCH3 is 1. The van der Waals surface area contributed by atoms with E-state index < -0.39 is 18.1 Å². The normalized spacial score (nSPS) is 13.2. The van der Waals surface area contributed by atoms with Gasteiger partial charge in [-0.3, -0.25) is 0 Å². The summed E-state index contributed by atoms with van der Waals surface area (Å²) in [6.07, 6.45) is -0.662. The molecule has 0 fully saturated rings. The number of ether oxygens (including phenoxy) is 2. The largest absolute Gasteiger partial charge is 0.467 e. The monoisotopic (exact) mass is 329 g/mol. The standard InChI is InChI=1S/C13H16BrNO4/c1-9(14)11(12(16)18-2)15-13(17)19-8-10-6-4-3-5-7-10/h3-7,9,11H,8H2,1-2H3,(H,15,17)/t9-,11+/m1/s1. The molecule has 0 bridgehead atoms. The number of esters is 1. The molecular formula is C13H16BrNO4. The SMILES string of the molecule is COC(=O)[C@@H](NC(=O)OCc1ccccc1)[C@@H](C)Br. The van der Waals surface area contributed by atoms with E-state index >= 15 is 0 Å². The van der Waals surface area contributed by atoms with Gasteiger partial charge >= 0.3 is 12.1 Å². The van der Waals surface area contributed by atoms with E-state index in [2.05, 4.69) is 26.0 Å². The number of hydrogen-bond acceptors (Lipinski definition) is 4. The number of benzene rings is 1. The third-order valence-corrected chi connectivity index (χ3v) is 2.93. The number of alkyl carbamates (subject to hydrolysis) is 1. The van der Waals surface area contributed by atoms with Crippen LogP contribution >= 0.6 is 15.9 Å². The highest BCUT2D eigenvalue weighted by Crippen LogP contribution is 2.07. The lowest BCUT2D eigenvalue weighted by atomic mass is 10.2. The molecule has 0 heterocycles. The molecule has 19 heavy (non-hydrogen) atoms. The van der Waals surface area contributed by atoms with Crippen molar-refractivity contribution in [3.63, 3.8) is 0 Å². The van der Waals surface area contributed by atoms with Gasteiger partial charge in [0.1, 0.15) is 12.6 Å². The second-order valence-corrected chi connectivity index (χ2v) is 5.33. The molecule has 0 spiro atoms. The number of carbonyl (C=O) groups is 2. The number of hydrogen-bond donors (Lipinski definition) is 1. The fourth-order valence-electron chi connectivity index (χ4n) is 1.38. The van der Waals surface area contributed by atoms with Gasteiger partial charge in [0, 0.05) is 4.83 Å². The van der Waals surface area contributed by atoms with Crippen molar-refractivity contribution < 1.29 is 19.1 Å². The quantitative estimate of drug-likeness (QED) is 0.664. The molecule has 0 unspecified atom stereocenters. The highest BCUT2D eigenvalue weighted by Gasteiger charge is 2.26. The summed E-state index contributed by atoms with van der Waals surface area (Å²) in [5, 5.41) is 2.45. The van der Waals surface area contributed by atoms with Crippen LogP contribution in [0, 0.1) is 0 Å². The lowest BCUT2D eigenvalue weighted by molar-refractivity contribution is -0.142. The van der Waals surface area contributed by atoms with Crippen LogP contribution in [0.25, 0.3) is 0 Å². The van der Waals surface area contributed by atoms with Gasteiger partial charge in [0.05, 0.1) is 7.11 Å². The van der Waals surface area contributed by atoms with Crippen LogP contribution in [0.1, 0.15) is 12.5 Å². The van der Waals surface area contributed by atoms with Crippen molar-refractivity contribution in [2.45, 2.75) is 24.4 Å². The van der Waals surface area contributed by atoms with Crippen LogP contribution < -0.4 is 5.32 Å². The summed E-state index contributed by atoms with van der Waals surface area (Å²) < 4.78 is 9.62. The van der Waals surface area contributed by atoms with Crippen molar-refractivity contribution in [2.24, 2.45) is 0 Å². The van der Waals surface area contributed by atoms with Crippen molar-refractivity contribution in [3.05, 3.63) is 35.9 Å². The van der Waals surface area contributed by atoms with Gasteiger partial charge in [-0.25, -0.2) is 9.59 Å². The van der Waals surface area contributed by atoms with E-state index in [1.807, 2.05) is 30.3 Å². The molecular weight excluding hydrogens is 314 g/mol. The van der Waals surface area contributed by atoms with Gasteiger partial charge in [0.25, 0.3) is 0 Å². The first-order valence-corrected chi connectivity index (χ1v) is 6.65. The van der Waals surface area contributed by atoms with Crippen LogP contribution in [0.2, 0.25) is 0 Å². The predicted octanol–water partition coefficient (Wildman–Crippen LogP) is 2.24. The van der Waals surface area contributed by atoms with Crippen LogP contribution in [0.4, 0.5) is 4.79 Å². The molecule has 0 radical (unpaired) electrons. The van der Waals surface area contributed by atoms with E-state index in [1.54, 1.807) is 6.92 Å². The maximum Gasteiger partial charge on any atom is 0.408 e. The number of amides is 1. The Kier molecular flexibility index (Phi) is 6.35. The van der Waals surface area contributed by atoms with Crippen LogP contribution in [0.3, 0.4) is 0 Å². The maximum absolute atomic E-state index is 11.6. The summed E-state index contributed by atoms with van der Waals surface area (Å²) in [4.78, 5) is 22.8. The fraction of sp³-hybridized carbons (Fsp3) is 0.385. The summed E-state index contributed by atoms with van der Waals surface area (Å²) in [5.74, 6) is -0.527. The molecule has 6 heteroatoms. The maximum atomic E-state index is 11.6. The molecule has 104 valence electrons. The molecule has 0 aliphatic heterocycles. The molecule has 0 aliphatic rings. The van der Waals surface area contributed by atoms with Crippen molar-refractivity contribution in [1.82, 2.24) is 5.32 Å². The lowest BCUT2D eigenvalue weighted by Gasteiger charge is -2.18. The summed E-state index contributed by atoms with van der Waals surface area (Å²) >= 11 is 3.24. The van der Waals surface area contributed by atoms with Gasteiger partial charge in [0.15, 0.2) is 0 Å². The molecule has 5 nitrogen and oxygen atoms in total. The third-order valence-electron chi connectivity index (χ3n) is 2.40. The number of rotatable bonds is 5. The van der Waals surface area contributed by atoms with Crippen molar-refractivity contribution in [3.8, 4) is 0 Å². The lowest BCUT2D eigenvalue weighted by Crippen LogP contribution is -2.46. The summed E-state index contributed by atoms with van der Waals surface area (Å²) in [7, 11) is 1.27. The van der Waals surface area contributed by atoms with Gasteiger partial charge in [-0.1, -0.05) is 53.2 Å². The highest BCUT2D eigenvalue weighted by molar-refractivity contribution is 9.09. The van der Waals surface area contributed by atoms with Crippen LogP contribution in [-0.4, -0.2) is 30.0 Å². The fourth-order valence-corrected chi connectivity index (χ4v) is 1.73. The minimum Gasteiger partial charge on any atom is -0.467 e. The van der Waals surface area contributed by atoms with Crippen LogP contribution in [-0.2, 0) is 20.9 Å². The minimum absolute atomic E-state index is 0.150. The van der Waals surface area contributed by atoms with Crippen LogP contribution in [0.15, 0.2) is 30.3 Å². The molecule has 0 saturated carbocycles. The summed E-state index contributed by atoms with van der Waals surface area (Å²) in [5.41, 5.74) is 0.874. The van der Waals surface area contributed by atoms with Gasteiger partial charge in [-0.15, -0.1) is 0 Å². The van der Waals surface area contributed by atoms with Gasteiger partial charge < -0.3 is 14.8 Å². The first-order chi connectivity index (χ1) is 9.04. The first-order valence-electron chi connectivity index (χ1n) is 5.73. The highest BCUT2D eigenvalue weighted by atomic mass is 79.9. The Balaban J connectivity index is 2.47. The molecule has 1 amide bonds. The zero-order valence-corrected chi connectivity index (χ0v) is 12.3. The molecule has 1 N–H and O–H groups in total. The number of carbonyl (C=O) groups excluding carboxylic acids is 2. The first kappa shape index (κ1) is 15.5. The smallest absolute Gasteiger partial charge is 0.408 e. The van der Waals surface area contributed by atoms with Crippen molar-refractivity contribution in [1.29, 1.82) is 0 Å². The second kappa shape index (κ2) is 7.78. The molecule has 1 aromatic rings. The van der Waals surface area contributed by atoms with Crippen LogP contribution in [0.5, 0.6) is 0 Å². The molecule has 0 aromatic heterocycles. The van der Waals surface area contributed by atoms with E-state index in [1.165, 1.54) is 7.11 Å². The van der Waals surface area contributed by atoms with E-state index in [0.717, 1.165) is 5.56 Å². The van der Waals surface area contributed by atoms with E-state index in [9.17, 15) is 9.59 Å². The molecule has 1 aromatic carbocycles. The summed E-state index contributed by atoms with van der Waals surface area (Å²) in [6, 6.07) is 8.50. The predicted molar refractivity (Wildman–Crippen MR) is 74.0 cm³/mol. The van der Waals surface area contributed by atoms with Gasteiger partial charge in [-0.05, 0) is 5.56 Å². The topological polar surface area (TPSA) is 64.6 Å². The Morgan fingerprint density at radius 3 is 2.47 bits per heavy atom. The molecule has 1 rings (SSSR count). The minimum atomic E-state index is -0.784. The second-order valence-electron chi connectivity index (χ2n) is 3.88. The van der Waals surface area contributed by atoms with Gasteiger partial charge in [-0.2, -0.15) is 0 Å². The number of nitrogens with one attached hydrogen (secondary N) is 1. The molecule has 0 saturated heterocycles. The summed E-state index contributed by atoms with van der Waals surface area (Å²) in [6.45, 7) is 1.89. The molecule has 2 atom stereocenters. The average molecular weight is 330 g/mol. The molecule has 0 aliphatic carbocycles.